The summed E-state index contributed by atoms with van der Waals surface area (Å²) in [4.78, 5) is 23.4. The van der Waals surface area contributed by atoms with Gasteiger partial charge in [0.15, 0.2) is 0 Å². The number of benzene rings is 1. The second kappa shape index (κ2) is 8.08. The van der Waals surface area contributed by atoms with E-state index in [4.69, 9.17) is 0 Å². The average molecular weight is 307 g/mol. The van der Waals surface area contributed by atoms with Crippen LogP contribution >= 0.6 is 11.8 Å². The number of carboxylic acids is 1. The number of amides is 1. The number of thioether (sulfide) groups is 1. The van der Waals surface area contributed by atoms with E-state index in [0.29, 0.717) is 6.42 Å². The van der Waals surface area contributed by atoms with E-state index in [-0.39, 0.29) is 18.4 Å². The first kappa shape index (κ1) is 15.9. The van der Waals surface area contributed by atoms with Crippen LogP contribution in [-0.4, -0.2) is 35.0 Å². The molecule has 2 rings (SSSR count). The molecular formula is C16H21NO3S. The predicted molar refractivity (Wildman–Crippen MR) is 84.3 cm³/mol. The molecule has 0 saturated carbocycles. The van der Waals surface area contributed by atoms with Crippen molar-refractivity contribution in [2.45, 2.75) is 19.3 Å². The van der Waals surface area contributed by atoms with Crippen molar-refractivity contribution in [2.24, 2.45) is 11.8 Å². The van der Waals surface area contributed by atoms with Crippen LogP contribution in [0.5, 0.6) is 0 Å². The molecule has 4 nitrogen and oxygen atoms in total. The van der Waals surface area contributed by atoms with Crippen LogP contribution in [0.1, 0.15) is 18.4 Å². The maximum absolute atomic E-state index is 12.1. The molecule has 0 aliphatic carbocycles. The number of nitrogens with one attached hydrogen (secondary N) is 1. The van der Waals surface area contributed by atoms with Crippen LogP contribution in [0.25, 0.3) is 0 Å². The number of hydrogen-bond acceptors (Lipinski definition) is 3. The van der Waals surface area contributed by atoms with Crippen molar-refractivity contribution in [3.8, 4) is 0 Å². The van der Waals surface area contributed by atoms with Gasteiger partial charge in [0.1, 0.15) is 0 Å². The van der Waals surface area contributed by atoms with Crippen LogP contribution in [0.2, 0.25) is 0 Å². The summed E-state index contributed by atoms with van der Waals surface area (Å²) in [6, 6.07) is 9.52. The van der Waals surface area contributed by atoms with E-state index in [9.17, 15) is 14.7 Å². The molecule has 1 atom stereocenters. The molecule has 1 unspecified atom stereocenters. The van der Waals surface area contributed by atoms with Gasteiger partial charge in [0.2, 0.25) is 5.91 Å². The minimum Gasteiger partial charge on any atom is -0.481 e. The zero-order chi connectivity index (χ0) is 15.1. The summed E-state index contributed by atoms with van der Waals surface area (Å²) >= 11 is 1.87. The number of carbonyl (C=O) groups excluding carboxylic acids is 1. The molecular weight excluding hydrogens is 286 g/mol. The maximum atomic E-state index is 12.1. The van der Waals surface area contributed by atoms with Gasteiger partial charge in [-0.15, -0.1) is 0 Å². The Morgan fingerprint density at radius 1 is 1.24 bits per heavy atom. The van der Waals surface area contributed by atoms with E-state index in [1.807, 2.05) is 42.1 Å². The highest BCUT2D eigenvalue weighted by molar-refractivity contribution is 7.99. The molecule has 114 valence electrons. The van der Waals surface area contributed by atoms with E-state index >= 15 is 0 Å². The molecule has 1 aromatic carbocycles. The molecule has 1 aliphatic rings. The van der Waals surface area contributed by atoms with E-state index in [2.05, 4.69) is 5.32 Å². The summed E-state index contributed by atoms with van der Waals surface area (Å²) in [7, 11) is 0. The lowest BCUT2D eigenvalue weighted by atomic mass is 9.98. The Bertz CT molecular complexity index is 472. The first-order valence-corrected chi connectivity index (χ1v) is 8.44. The summed E-state index contributed by atoms with van der Waals surface area (Å²) in [5, 5.41) is 12.1. The van der Waals surface area contributed by atoms with Gasteiger partial charge in [0.05, 0.1) is 5.92 Å². The first-order valence-electron chi connectivity index (χ1n) is 7.29. The highest BCUT2D eigenvalue weighted by Crippen LogP contribution is 2.22. The lowest BCUT2D eigenvalue weighted by Crippen LogP contribution is -2.38. The number of rotatable bonds is 6. The number of aliphatic carboxylic acids is 1. The Morgan fingerprint density at radius 2 is 1.90 bits per heavy atom. The predicted octanol–water partition coefficient (Wildman–Crippen LogP) is 2.19. The maximum Gasteiger partial charge on any atom is 0.308 e. The van der Waals surface area contributed by atoms with Gasteiger partial charge in [-0.1, -0.05) is 30.3 Å². The second-order valence-electron chi connectivity index (χ2n) is 5.36. The molecule has 5 heteroatoms. The standard InChI is InChI=1S/C16H21NO3S/c18-15(13-6-8-21-9-7-13)17-11-14(16(19)20)10-12-4-2-1-3-5-12/h1-5,13-14H,6-11H2,(H,17,18)(H,19,20). The first-order chi connectivity index (χ1) is 10.2. The third-order valence-electron chi connectivity index (χ3n) is 3.79. The Kier molecular flexibility index (Phi) is 6.11. The van der Waals surface area contributed by atoms with Gasteiger partial charge in [-0.25, -0.2) is 0 Å². The van der Waals surface area contributed by atoms with Crippen molar-refractivity contribution in [1.29, 1.82) is 0 Å². The molecule has 1 aromatic rings. The largest absolute Gasteiger partial charge is 0.481 e. The summed E-state index contributed by atoms with van der Waals surface area (Å²) in [5.74, 6) is 0.661. The highest BCUT2D eigenvalue weighted by Gasteiger charge is 2.24. The van der Waals surface area contributed by atoms with E-state index < -0.39 is 11.9 Å². The van der Waals surface area contributed by atoms with E-state index in [1.165, 1.54) is 0 Å². The molecule has 1 aliphatic heterocycles. The van der Waals surface area contributed by atoms with Gasteiger partial charge in [-0.05, 0) is 36.3 Å². The normalized spacial score (nSPS) is 17.1. The average Bonchev–Trinajstić information content (AvgIpc) is 2.52. The smallest absolute Gasteiger partial charge is 0.308 e. The van der Waals surface area contributed by atoms with Gasteiger partial charge in [0, 0.05) is 12.5 Å². The summed E-state index contributed by atoms with van der Waals surface area (Å²) < 4.78 is 0. The van der Waals surface area contributed by atoms with Crippen LogP contribution < -0.4 is 5.32 Å². The van der Waals surface area contributed by atoms with Gasteiger partial charge in [0.25, 0.3) is 0 Å². The van der Waals surface area contributed by atoms with Crippen molar-refractivity contribution < 1.29 is 14.7 Å². The molecule has 0 bridgehead atoms. The van der Waals surface area contributed by atoms with Crippen molar-refractivity contribution in [1.82, 2.24) is 5.32 Å². The quantitative estimate of drug-likeness (QED) is 0.845. The number of carboxylic acid groups (broad SMARTS) is 1. The molecule has 1 amide bonds. The van der Waals surface area contributed by atoms with Crippen LogP contribution in [-0.2, 0) is 16.0 Å². The molecule has 1 fully saturated rings. The van der Waals surface area contributed by atoms with Gasteiger partial charge >= 0.3 is 5.97 Å². The minimum atomic E-state index is -0.863. The third-order valence-corrected chi connectivity index (χ3v) is 4.84. The Balaban J connectivity index is 1.85. The zero-order valence-electron chi connectivity index (χ0n) is 12.0. The van der Waals surface area contributed by atoms with Gasteiger partial charge in [-0.2, -0.15) is 11.8 Å². The van der Waals surface area contributed by atoms with E-state index in [1.54, 1.807) is 0 Å². The third kappa shape index (κ3) is 5.08. The Labute approximate surface area is 129 Å². The molecule has 2 N–H and O–H groups in total. The SMILES string of the molecule is O=C(O)C(CNC(=O)C1CCSCC1)Cc1ccccc1. The minimum absolute atomic E-state index is 0.00890. The lowest BCUT2D eigenvalue weighted by Gasteiger charge is -2.21. The fraction of sp³-hybridized carbons (Fsp3) is 0.500. The zero-order valence-corrected chi connectivity index (χ0v) is 12.8. The van der Waals surface area contributed by atoms with Crippen molar-refractivity contribution >= 4 is 23.6 Å². The van der Waals surface area contributed by atoms with Crippen molar-refractivity contribution in [2.75, 3.05) is 18.1 Å². The topological polar surface area (TPSA) is 66.4 Å². The summed E-state index contributed by atoms with van der Waals surface area (Å²) in [6.07, 6.45) is 2.23. The molecule has 21 heavy (non-hydrogen) atoms. The van der Waals surface area contributed by atoms with Crippen LogP contribution in [0, 0.1) is 11.8 Å². The van der Waals surface area contributed by atoms with Crippen LogP contribution in [0.15, 0.2) is 30.3 Å². The van der Waals surface area contributed by atoms with E-state index in [0.717, 1.165) is 29.9 Å². The lowest BCUT2D eigenvalue weighted by molar-refractivity contribution is -0.141. The monoisotopic (exact) mass is 307 g/mol. The molecule has 0 spiro atoms. The highest BCUT2D eigenvalue weighted by atomic mass is 32.2. The Morgan fingerprint density at radius 3 is 2.52 bits per heavy atom. The molecule has 0 aromatic heterocycles. The molecule has 0 radical (unpaired) electrons. The summed E-state index contributed by atoms with van der Waals surface area (Å²) in [6.45, 7) is 0.201. The van der Waals surface area contributed by atoms with Gasteiger partial charge in [-0.3, -0.25) is 9.59 Å². The second-order valence-corrected chi connectivity index (χ2v) is 6.58. The fourth-order valence-corrected chi connectivity index (χ4v) is 3.58. The van der Waals surface area contributed by atoms with Crippen LogP contribution in [0.4, 0.5) is 0 Å². The summed E-state index contributed by atoms with van der Waals surface area (Å²) in [5.41, 5.74) is 0.980. The van der Waals surface area contributed by atoms with Crippen molar-refractivity contribution in [3.63, 3.8) is 0 Å². The van der Waals surface area contributed by atoms with Crippen LogP contribution in [0.3, 0.4) is 0 Å². The number of hydrogen-bond donors (Lipinski definition) is 2. The molecule has 1 heterocycles. The fourth-order valence-electron chi connectivity index (χ4n) is 2.47. The molecule has 1 saturated heterocycles. The van der Waals surface area contributed by atoms with Crippen molar-refractivity contribution in [3.05, 3.63) is 35.9 Å². The Hall–Kier alpha value is -1.49. The number of carbonyl (C=O) groups is 2. The van der Waals surface area contributed by atoms with Gasteiger partial charge < -0.3 is 10.4 Å².